The molecule has 384 valence electrons. The Bertz CT molecular complexity index is 2680. The van der Waals surface area contributed by atoms with Crippen LogP contribution in [0.2, 0.25) is 0 Å². The number of aromatic nitrogens is 4. The van der Waals surface area contributed by atoms with Gasteiger partial charge in [0.05, 0.1) is 30.8 Å². The summed E-state index contributed by atoms with van der Waals surface area (Å²) in [6.07, 6.45) is 9.89. The molecule has 3 amide bonds. The number of rotatable bonds is 25. The van der Waals surface area contributed by atoms with Gasteiger partial charge in [0.1, 0.15) is 11.6 Å². The fourth-order valence-electron chi connectivity index (χ4n) is 7.77. The van der Waals surface area contributed by atoms with Crippen molar-refractivity contribution in [2.45, 2.75) is 129 Å². The van der Waals surface area contributed by atoms with Gasteiger partial charge in [-0.3, -0.25) is 19.2 Å². The normalized spacial score (nSPS) is 12.7. The number of nitrogens with two attached hydrogens (primary N) is 1. The molecular formula is C57H70N10O6. The van der Waals surface area contributed by atoms with Crippen LogP contribution in [0.4, 0.5) is 4.79 Å². The van der Waals surface area contributed by atoms with Crippen LogP contribution in [0, 0.1) is 10.8 Å². The Morgan fingerprint density at radius 2 is 0.973 bits per heavy atom. The highest BCUT2D eigenvalue weighted by atomic mass is 16.6. The van der Waals surface area contributed by atoms with E-state index in [1.165, 1.54) is 6.33 Å². The van der Waals surface area contributed by atoms with Gasteiger partial charge < -0.3 is 47.2 Å². The van der Waals surface area contributed by atoms with Gasteiger partial charge in [0, 0.05) is 60.9 Å². The first-order chi connectivity index (χ1) is 34.9. The Morgan fingerprint density at radius 3 is 1.37 bits per heavy atom. The molecule has 4 atom stereocenters. The smallest absolute Gasteiger partial charge is 0.408 e. The first-order valence-electron chi connectivity index (χ1n) is 24.6. The van der Waals surface area contributed by atoms with Crippen LogP contribution in [0.1, 0.15) is 105 Å². The van der Waals surface area contributed by atoms with Crippen molar-refractivity contribution in [2.75, 3.05) is 0 Å². The average Bonchev–Trinajstić information content (AvgIpc) is 4.10. The van der Waals surface area contributed by atoms with Crippen molar-refractivity contribution in [1.29, 1.82) is 10.8 Å². The molecule has 6 aromatic rings. The number of H-pyrrole nitrogens is 2. The van der Waals surface area contributed by atoms with E-state index in [0.29, 0.717) is 68.5 Å². The predicted octanol–water partition coefficient (Wildman–Crippen LogP) is 7.54. The molecule has 0 fully saturated rings. The largest absolute Gasteiger partial charge is 0.444 e. The summed E-state index contributed by atoms with van der Waals surface area (Å²) in [6.45, 7) is 8.73. The van der Waals surface area contributed by atoms with Crippen molar-refractivity contribution in [1.82, 2.24) is 35.9 Å². The molecule has 73 heavy (non-hydrogen) atoms. The summed E-state index contributed by atoms with van der Waals surface area (Å²) in [5.41, 5.74) is 13.7. The van der Waals surface area contributed by atoms with E-state index in [2.05, 4.69) is 35.9 Å². The fraction of sp³-hybridized carbons (Fsp3) is 0.351. The third kappa shape index (κ3) is 20.1. The number of ketones is 2. The lowest BCUT2D eigenvalue weighted by atomic mass is 9.98. The minimum atomic E-state index is -0.899. The zero-order valence-electron chi connectivity index (χ0n) is 42.5. The summed E-state index contributed by atoms with van der Waals surface area (Å²) < 4.78 is 5.40. The molecule has 16 nitrogen and oxygen atoms in total. The van der Waals surface area contributed by atoms with Crippen LogP contribution in [-0.2, 0) is 62.4 Å². The lowest BCUT2D eigenvalue weighted by Crippen LogP contribution is -2.53. The van der Waals surface area contributed by atoms with E-state index in [4.69, 9.17) is 21.3 Å². The molecule has 2 heterocycles. The predicted molar refractivity (Wildman–Crippen MR) is 284 cm³/mol. The molecule has 0 unspecified atom stereocenters. The Kier molecular flexibility index (Phi) is 21.7. The number of carbonyl (C=O) groups is 5. The van der Waals surface area contributed by atoms with Gasteiger partial charge in [0.25, 0.3) is 0 Å². The van der Waals surface area contributed by atoms with Crippen LogP contribution in [0.25, 0.3) is 0 Å². The first kappa shape index (κ1) is 56.1. The lowest BCUT2D eigenvalue weighted by molar-refractivity contribution is -0.129. The second-order valence-corrected chi connectivity index (χ2v) is 19.1. The number of aryl methyl sites for hydroxylation is 4. The van der Waals surface area contributed by atoms with E-state index < -0.39 is 41.8 Å². The molecule has 16 heteroatoms. The monoisotopic (exact) mass is 991 g/mol. The standard InChI is InChI=1S/C31H39N5O4.C26H31N5O2/c1-21(32)24-14-10-23(11-15-24)13-17-28(37)27(18-25-19-33-20-34-25)35-29(38)26(36-30(39)40-31(2,3)4)16-12-22-8-6-5-7-9-22;1-18(27)21-11-7-20(8-12-21)10-14-25(32)24(15-22-16-29-17-30-22)31-26(33)23(28)13-9-19-5-3-2-4-6-19/h5-11,14-15,19-20,26-27,32H,12-13,16-18H2,1-4H3,(H,33,34)(H,35,38)(H,36,39);2-8,11-12,16-17,23-24,27H,9-10,13-15,28H2,1H3,(H,29,30)(H,31,33)/t26-,27+;23-,24+/m11/s1. The van der Waals surface area contributed by atoms with Crippen molar-refractivity contribution >= 4 is 40.9 Å². The van der Waals surface area contributed by atoms with Crippen LogP contribution in [0.5, 0.6) is 0 Å². The zero-order chi connectivity index (χ0) is 52.8. The second kappa shape index (κ2) is 28.3. The van der Waals surface area contributed by atoms with Gasteiger partial charge in [-0.1, -0.05) is 109 Å². The number of imidazole rings is 2. The van der Waals surface area contributed by atoms with Crippen LogP contribution in [0.3, 0.4) is 0 Å². The molecule has 2 aromatic heterocycles. The van der Waals surface area contributed by atoms with Gasteiger partial charge in [-0.2, -0.15) is 0 Å². The van der Waals surface area contributed by atoms with Crippen molar-refractivity contribution in [2.24, 2.45) is 5.73 Å². The van der Waals surface area contributed by atoms with Gasteiger partial charge in [-0.15, -0.1) is 0 Å². The molecule has 6 rings (SSSR count). The summed E-state index contributed by atoms with van der Waals surface area (Å²) in [6, 6.07) is 31.7. The minimum Gasteiger partial charge on any atom is -0.444 e. The number of amides is 3. The van der Waals surface area contributed by atoms with Crippen molar-refractivity contribution in [3.8, 4) is 0 Å². The van der Waals surface area contributed by atoms with E-state index in [-0.39, 0.29) is 30.3 Å². The van der Waals surface area contributed by atoms with Crippen LogP contribution in [-0.4, -0.2) is 90.6 Å². The molecule has 4 aromatic carbocycles. The Hall–Kier alpha value is -7.85. The molecule has 0 bridgehead atoms. The number of ether oxygens (including phenoxy) is 1. The van der Waals surface area contributed by atoms with Crippen LogP contribution < -0.4 is 21.7 Å². The van der Waals surface area contributed by atoms with Gasteiger partial charge in [-0.05, 0) is 107 Å². The summed E-state index contributed by atoms with van der Waals surface area (Å²) in [5, 5.41) is 23.9. The van der Waals surface area contributed by atoms with Gasteiger partial charge in [0.15, 0.2) is 11.6 Å². The maximum atomic E-state index is 13.5. The molecule has 0 spiro atoms. The highest BCUT2D eigenvalue weighted by Crippen LogP contribution is 2.15. The fourth-order valence-corrected chi connectivity index (χ4v) is 7.77. The van der Waals surface area contributed by atoms with E-state index in [1.54, 1.807) is 53.3 Å². The quantitative estimate of drug-likeness (QED) is 0.0263. The lowest BCUT2D eigenvalue weighted by Gasteiger charge is -2.25. The number of hydrogen-bond acceptors (Lipinski definition) is 11. The van der Waals surface area contributed by atoms with Gasteiger partial charge >= 0.3 is 6.09 Å². The molecule has 0 radical (unpaired) electrons. The summed E-state index contributed by atoms with van der Waals surface area (Å²) in [4.78, 5) is 79.3. The Morgan fingerprint density at radius 1 is 0.562 bits per heavy atom. The third-order valence-electron chi connectivity index (χ3n) is 12.0. The number of nitrogens with zero attached hydrogens (tertiary/aromatic N) is 2. The second-order valence-electron chi connectivity index (χ2n) is 19.1. The number of Topliss-reactive ketones (excluding diaryl/α,β-unsaturated/α-hetero) is 2. The molecule has 0 saturated heterocycles. The van der Waals surface area contributed by atoms with Crippen molar-refractivity contribution in [3.05, 3.63) is 179 Å². The third-order valence-corrected chi connectivity index (χ3v) is 12.0. The minimum absolute atomic E-state index is 0.0551. The Labute approximate surface area is 428 Å². The maximum absolute atomic E-state index is 13.5. The van der Waals surface area contributed by atoms with Gasteiger partial charge in [0.2, 0.25) is 11.8 Å². The topological polar surface area (TPSA) is 262 Å². The van der Waals surface area contributed by atoms with Crippen LogP contribution in [0.15, 0.2) is 134 Å². The number of alkyl carbamates (subject to hydrolysis) is 1. The zero-order valence-corrected chi connectivity index (χ0v) is 42.5. The maximum Gasteiger partial charge on any atom is 0.408 e. The summed E-state index contributed by atoms with van der Waals surface area (Å²) in [5.74, 6) is -0.963. The molecular weight excluding hydrogens is 921 g/mol. The van der Waals surface area contributed by atoms with E-state index in [0.717, 1.165) is 39.1 Å². The SMILES string of the molecule is CC(=N)c1ccc(CCC(=O)[C@H](Cc2cnc[nH]2)NC(=O)[C@@H](CCc2ccccc2)NC(=O)OC(C)(C)C)cc1.CC(=N)c1ccc(CCC(=O)[C@H](Cc2cnc[nH]2)NC(=O)[C@H](N)CCc2ccccc2)cc1. The molecule has 0 aliphatic heterocycles. The van der Waals surface area contributed by atoms with E-state index in [1.807, 2.05) is 109 Å². The number of nitrogens with one attached hydrogen (secondary N) is 7. The van der Waals surface area contributed by atoms with Crippen LogP contribution >= 0.6 is 0 Å². The average molecular weight is 991 g/mol. The summed E-state index contributed by atoms with van der Waals surface area (Å²) >= 11 is 0. The number of benzene rings is 4. The number of aromatic amines is 2. The van der Waals surface area contributed by atoms with E-state index in [9.17, 15) is 24.0 Å². The summed E-state index contributed by atoms with van der Waals surface area (Å²) in [7, 11) is 0. The van der Waals surface area contributed by atoms with Crippen molar-refractivity contribution in [3.63, 3.8) is 0 Å². The molecule has 0 aliphatic rings. The van der Waals surface area contributed by atoms with Gasteiger partial charge in [-0.25, -0.2) is 14.8 Å². The molecule has 0 aliphatic carbocycles. The molecule has 9 N–H and O–H groups in total. The highest BCUT2D eigenvalue weighted by molar-refractivity contribution is 5.97. The highest BCUT2D eigenvalue weighted by Gasteiger charge is 2.29. The van der Waals surface area contributed by atoms with Crippen molar-refractivity contribution < 1.29 is 28.7 Å². The number of carbonyl (C=O) groups excluding carboxylic acids is 5. The Balaban J connectivity index is 0.000000276. The molecule has 0 saturated carbocycles. The van der Waals surface area contributed by atoms with E-state index >= 15 is 0 Å². The number of hydrogen-bond donors (Lipinski definition) is 8. The first-order valence-corrected chi connectivity index (χ1v) is 24.6.